The largest absolute Gasteiger partial charge is 0.395 e. The Hall–Kier alpha value is -1.06. The summed E-state index contributed by atoms with van der Waals surface area (Å²) in [5.41, 5.74) is 1.11. The van der Waals surface area contributed by atoms with E-state index < -0.39 is 5.41 Å². The monoisotopic (exact) mass is 239 g/mol. The van der Waals surface area contributed by atoms with Crippen molar-refractivity contribution in [2.45, 2.75) is 19.8 Å². The summed E-state index contributed by atoms with van der Waals surface area (Å²) in [6.07, 6.45) is 1.52. The first kappa shape index (κ1) is 11.4. The summed E-state index contributed by atoms with van der Waals surface area (Å²) in [4.78, 5) is 11.8. The molecule has 1 aromatic carbocycles. The van der Waals surface area contributed by atoms with Gasteiger partial charge in [-0.05, 0) is 37.5 Å². The zero-order valence-electron chi connectivity index (χ0n) is 9.09. The standard InChI is InChI=1S/C12H14ClNO2/c1-8-2-3-9(6-10(8)13)14-11(16)12(7-15)4-5-12/h2-3,6,15H,4-5,7H2,1H3,(H,14,16). The van der Waals surface area contributed by atoms with Crippen LogP contribution in [0, 0.1) is 12.3 Å². The zero-order valence-corrected chi connectivity index (χ0v) is 9.84. The number of aliphatic hydroxyl groups is 1. The van der Waals surface area contributed by atoms with Crippen LogP contribution in [0.15, 0.2) is 18.2 Å². The van der Waals surface area contributed by atoms with Gasteiger partial charge in [-0.25, -0.2) is 0 Å². The summed E-state index contributed by atoms with van der Waals surface area (Å²) in [6.45, 7) is 1.82. The quantitative estimate of drug-likeness (QED) is 0.851. The van der Waals surface area contributed by atoms with Gasteiger partial charge in [0.2, 0.25) is 5.91 Å². The molecule has 1 aliphatic rings. The lowest BCUT2D eigenvalue weighted by Gasteiger charge is -2.12. The van der Waals surface area contributed by atoms with Crippen LogP contribution >= 0.6 is 11.6 Å². The molecule has 86 valence electrons. The number of halogens is 1. The van der Waals surface area contributed by atoms with Crippen LogP contribution in [-0.2, 0) is 4.79 Å². The Labute approximate surface area is 99.4 Å². The number of carbonyl (C=O) groups excluding carboxylic acids is 1. The molecule has 1 aromatic rings. The molecule has 2 N–H and O–H groups in total. The Balaban J connectivity index is 2.09. The van der Waals surface area contributed by atoms with E-state index in [9.17, 15) is 4.79 Å². The highest BCUT2D eigenvalue weighted by molar-refractivity contribution is 6.31. The third kappa shape index (κ3) is 2.06. The Morgan fingerprint density at radius 1 is 1.56 bits per heavy atom. The fourth-order valence-electron chi connectivity index (χ4n) is 1.54. The number of benzene rings is 1. The molecule has 0 unspecified atom stereocenters. The average Bonchev–Trinajstić information content (AvgIpc) is 3.04. The molecule has 3 nitrogen and oxygen atoms in total. The van der Waals surface area contributed by atoms with Gasteiger partial charge in [0.05, 0.1) is 12.0 Å². The van der Waals surface area contributed by atoms with Crippen molar-refractivity contribution in [3.8, 4) is 0 Å². The van der Waals surface area contributed by atoms with Crippen LogP contribution in [0.25, 0.3) is 0 Å². The van der Waals surface area contributed by atoms with Crippen LogP contribution in [0.1, 0.15) is 18.4 Å². The lowest BCUT2D eigenvalue weighted by Crippen LogP contribution is -2.27. The molecular weight excluding hydrogens is 226 g/mol. The minimum Gasteiger partial charge on any atom is -0.395 e. The molecular formula is C12H14ClNO2. The first-order chi connectivity index (χ1) is 7.57. The molecule has 1 fully saturated rings. The summed E-state index contributed by atoms with van der Waals surface area (Å²) >= 11 is 5.96. The van der Waals surface area contributed by atoms with Crippen LogP contribution in [0.4, 0.5) is 5.69 Å². The van der Waals surface area contributed by atoms with E-state index in [-0.39, 0.29) is 12.5 Å². The predicted octanol–water partition coefficient (Wildman–Crippen LogP) is 2.36. The second-order valence-electron chi connectivity index (χ2n) is 4.36. The topological polar surface area (TPSA) is 49.3 Å². The highest BCUT2D eigenvalue weighted by Crippen LogP contribution is 2.45. The molecule has 0 atom stereocenters. The van der Waals surface area contributed by atoms with E-state index in [1.807, 2.05) is 19.1 Å². The Bertz CT molecular complexity index is 427. The van der Waals surface area contributed by atoms with Crippen molar-refractivity contribution in [1.29, 1.82) is 0 Å². The van der Waals surface area contributed by atoms with Gasteiger partial charge in [0, 0.05) is 10.7 Å². The Morgan fingerprint density at radius 2 is 2.25 bits per heavy atom. The van der Waals surface area contributed by atoms with Crippen LogP contribution in [0.3, 0.4) is 0 Å². The molecule has 0 aliphatic heterocycles. The molecule has 1 amide bonds. The molecule has 1 saturated carbocycles. The molecule has 0 saturated heterocycles. The molecule has 4 heteroatoms. The summed E-state index contributed by atoms with van der Waals surface area (Å²) in [7, 11) is 0. The molecule has 0 spiro atoms. The fourth-order valence-corrected chi connectivity index (χ4v) is 1.72. The lowest BCUT2D eigenvalue weighted by atomic mass is 10.1. The second-order valence-corrected chi connectivity index (χ2v) is 4.76. The van der Waals surface area contributed by atoms with Crippen LogP contribution < -0.4 is 5.32 Å². The van der Waals surface area contributed by atoms with Gasteiger partial charge in [-0.3, -0.25) is 4.79 Å². The smallest absolute Gasteiger partial charge is 0.232 e. The van der Waals surface area contributed by atoms with Crippen molar-refractivity contribution < 1.29 is 9.90 Å². The van der Waals surface area contributed by atoms with Gasteiger partial charge >= 0.3 is 0 Å². The van der Waals surface area contributed by atoms with E-state index in [1.165, 1.54) is 0 Å². The SMILES string of the molecule is Cc1ccc(NC(=O)C2(CO)CC2)cc1Cl. The van der Waals surface area contributed by atoms with Crippen molar-refractivity contribution in [3.63, 3.8) is 0 Å². The lowest BCUT2D eigenvalue weighted by molar-refractivity contribution is -0.122. The van der Waals surface area contributed by atoms with Gasteiger partial charge in [-0.15, -0.1) is 0 Å². The molecule has 0 radical (unpaired) electrons. The van der Waals surface area contributed by atoms with Gasteiger partial charge in [0.15, 0.2) is 0 Å². The third-order valence-electron chi connectivity index (χ3n) is 3.07. The van der Waals surface area contributed by atoms with Crippen molar-refractivity contribution in [2.75, 3.05) is 11.9 Å². The normalized spacial score (nSPS) is 16.9. The number of hydrogen-bond donors (Lipinski definition) is 2. The van der Waals surface area contributed by atoms with Gasteiger partial charge in [-0.2, -0.15) is 0 Å². The zero-order chi connectivity index (χ0) is 11.8. The van der Waals surface area contributed by atoms with E-state index in [2.05, 4.69) is 5.32 Å². The van der Waals surface area contributed by atoms with E-state index in [4.69, 9.17) is 16.7 Å². The molecule has 2 rings (SSSR count). The first-order valence-corrected chi connectivity index (χ1v) is 5.64. The van der Waals surface area contributed by atoms with Crippen molar-refractivity contribution in [3.05, 3.63) is 28.8 Å². The van der Waals surface area contributed by atoms with Crippen molar-refractivity contribution in [2.24, 2.45) is 5.41 Å². The van der Waals surface area contributed by atoms with Gasteiger partial charge in [0.25, 0.3) is 0 Å². The number of amides is 1. The maximum atomic E-state index is 11.8. The van der Waals surface area contributed by atoms with Gasteiger partial charge < -0.3 is 10.4 Å². The number of aryl methyl sites for hydroxylation is 1. The maximum Gasteiger partial charge on any atom is 0.232 e. The molecule has 1 aliphatic carbocycles. The molecule has 0 bridgehead atoms. The van der Waals surface area contributed by atoms with E-state index >= 15 is 0 Å². The van der Waals surface area contributed by atoms with Gasteiger partial charge in [-0.1, -0.05) is 17.7 Å². The number of anilines is 1. The fraction of sp³-hybridized carbons (Fsp3) is 0.417. The number of carbonyl (C=O) groups is 1. The van der Waals surface area contributed by atoms with E-state index in [0.717, 1.165) is 18.4 Å². The summed E-state index contributed by atoms with van der Waals surface area (Å²) in [5.74, 6) is -0.116. The maximum absolute atomic E-state index is 11.8. The molecule has 0 aromatic heterocycles. The molecule has 0 heterocycles. The minimum atomic E-state index is -0.544. The van der Waals surface area contributed by atoms with Crippen LogP contribution in [0.5, 0.6) is 0 Å². The van der Waals surface area contributed by atoms with Gasteiger partial charge in [0.1, 0.15) is 0 Å². The summed E-state index contributed by atoms with van der Waals surface area (Å²) in [5, 5.41) is 12.5. The average molecular weight is 240 g/mol. The minimum absolute atomic E-state index is 0.0849. The van der Waals surface area contributed by atoms with Crippen molar-refractivity contribution >= 4 is 23.2 Å². The van der Waals surface area contributed by atoms with Crippen molar-refractivity contribution in [1.82, 2.24) is 0 Å². The summed E-state index contributed by atoms with van der Waals surface area (Å²) in [6, 6.07) is 5.39. The second kappa shape index (κ2) is 4.07. The Morgan fingerprint density at radius 3 is 2.75 bits per heavy atom. The van der Waals surface area contributed by atoms with Crippen LogP contribution in [-0.4, -0.2) is 17.6 Å². The highest BCUT2D eigenvalue weighted by atomic mass is 35.5. The number of rotatable bonds is 3. The van der Waals surface area contributed by atoms with E-state index in [1.54, 1.807) is 6.07 Å². The number of aliphatic hydroxyl groups excluding tert-OH is 1. The highest BCUT2D eigenvalue weighted by Gasteiger charge is 2.49. The van der Waals surface area contributed by atoms with E-state index in [0.29, 0.717) is 10.7 Å². The molecule has 16 heavy (non-hydrogen) atoms. The Kier molecular flexibility index (Phi) is 2.91. The summed E-state index contributed by atoms with van der Waals surface area (Å²) < 4.78 is 0. The predicted molar refractivity (Wildman–Crippen MR) is 63.6 cm³/mol. The number of nitrogens with one attached hydrogen (secondary N) is 1. The first-order valence-electron chi connectivity index (χ1n) is 5.26. The van der Waals surface area contributed by atoms with Crippen LogP contribution in [0.2, 0.25) is 5.02 Å². The third-order valence-corrected chi connectivity index (χ3v) is 3.47. The number of hydrogen-bond acceptors (Lipinski definition) is 2.